The van der Waals surface area contributed by atoms with Crippen LogP contribution in [0.1, 0.15) is 271 Å². The van der Waals surface area contributed by atoms with Crippen molar-refractivity contribution in [3.8, 4) is 0 Å². The third-order valence-electron chi connectivity index (χ3n) is 12.5. The van der Waals surface area contributed by atoms with Crippen LogP contribution in [0.3, 0.4) is 0 Å². The van der Waals surface area contributed by atoms with Gasteiger partial charge in [-0.05, 0) is 12.8 Å². The molecule has 0 rings (SSSR count). The molecule has 0 fully saturated rings. The lowest BCUT2D eigenvalue weighted by atomic mass is 10.0. The van der Waals surface area contributed by atoms with Crippen molar-refractivity contribution >= 4 is 17.9 Å². The summed E-state index contributed by atoms with van der Waals surface area (Å²) in [6, 6.07) is -0.720. The largest absolute Gasteiger partial charge is 0.544 e. The standard InChI is InChI=1S/C53H103NO7/c1-6-8-10-12-14-16-18-20-22-23-24-25-26-27-28-30-32-34-36-38-40-42-44-52(56)61-49(47-59-46-45-50(53(57)58)54(3,4)5)48-60-51(55)43-41-39-37-35-33-31-29-21-19-17-15-13-11-9-7-2/h49-50H,6-48H2,1-5H3. The van der Waals surface area contributed by atoms with Crippen LogP contribution in [0.5, 0.6) is 0 Å². The number of nitrogens with zero attached hydrogens (tertiary/aromatic N) is 1. The minimum atomic E-state index is -1.12. The molecule has 0 amide bonds. The summed E-state index contributed by atoms with van der Waals surface area (Å²) in [6.45, 7) is 4.73. The molecule has 0 aliphatic heterocycles. The molecule has 0 aliphatic carbocycles. The van der Waals surface area contributed by atoms with Gasteiger partial charge < -0.3 is 28.6 Å². The zero-order chi connectivity index (χ0) is 44.9. The van der Waals surface area contributed by atoms with Crippen LogP contribution in [0.4, 0.5) is 0 Å². The number of carboxylic acid groups (broad SMARTS) is 1. The Hall–Kier alpha value is -1.67. The van der Waals surface area contributed by atoms with Gasteiger partial charge in [0.15, 0.2) is 6.10 Å². The van der Waals surface area contributed by atoms with Crippen LogP contribution in [0.2, 0.25) is 0 Å². The number of hydrogen-bond acceptors (Lipinski definition) is 7. The highest BCUT2D eigenvalue weighted by Crippen LogP contribution is 2.17. The Morgan fingerprint density at radius 2 is 0.721 bits per heavy atom. The topological polar surface area (TPSA) is 102 Å². The Balaban J connectivity index is 4.14. The third kappa shape index (κ3) is 43.4. The van der Waals surface area contributed by atoms with Crippen LogP contribution in [0.25, 0.3) is 0 Å². The number of quaternary nitrogens is 1. The van der Waals surface area contributed by atoms with E-state index in [-0.39, 0.29) is 42.7 Å². The molecule has 0 spiro atoms. The van der Waals surface area contributed by atoms with Crippen molar-refractivity contribution in [2.24, 2.45) is 0 Å². The third-order valence-corrected chi connectivity index (χ3v) is 12.5. The lowest BCUT2D eigenvalue weighted by molar-refractivity contribution is -0.889. The number of hydrogen-bond donors (Lipinski definition) is 0. The second-order valence-electron chi connectivity index (χ2n) is 19.5. The fourth-order valence-corrected chi connectivity index (χ4v) is 8.37. The molecule has 0 aromatic heterocycles. The van der Waals surface area contributed by atoms with E-state index < -0.39 is 18.1 Å². The van der Waals surface area contributed by atoms with Crippen LogP contribution >= 0.6 is 0 Å². The van der Waals surface area contributed by atoms with Gasteiger partial charge in [0, 0.05) is 19.3 Å². The Bertz CT molecular complexity index is 967. The average molecular weight is 866 g/mol. The molecule has 0 saturated heterocycles. The Kier molecular flexibility index (Phi) is 43.7. The quantitative estimate of drug-likeness (QED) is 0.0341. The molecule has 0 heterocycles. The van der Waals surface area contributed by atoms with Crippen LogP contribution in [-0.4, -0.2) is 75.5 Å². The highest BCUT2D eigenvalue weighted by Gasteiger charge is 2.25. The van der Waals surface area contributed by atoms with Crippen LogP contribution in [0, 0.1) is 0 Å². The molecular weight excluding hydrogens is 763 g/mol. The van der Waals surface area contributed by atoms with E-state index in [9.17, 15) is 19.5 Å². The minimum absolute atomic E-state index is 0.0498. The predicted molar refractivity (Wildman–Crippen MR) is 255 cm³/mol. The van der Waals surface area contributed by atoms with Gasteiger partial charge >= 0.3 is 11.9 Å². The molecule has 0 aromatic rings. The number of unbranched alkanes of at least 4 members (excludes halogenated alkanes) is 35. The monoisotopic (exact) mass is 866 g/mol. The maximum Gasteiger partial charge on any atom is 0.306 e. The number of carbonyl (C=O) groups is 3. The molecule has 61 heavy (non-hydrogen) atoms. The number of ether oxygens (including phenoxy) is 3. The number of carbonyl (C=O) groups excluding carboxylic acids is 3. The average Bonchev–Trinajstić information content (AvgIpc) is 3.22. The first-order chi connectivity index (χ1) is 29.6. The van der Waals surface area contributed by atoms with Gasteiger partial charge in [-0.3, -0.25) is 9.59 Å². The molecule has 8 heteroatoms. The summed E-state index contributed by atoms with van der Waals surface area (Å²) in [5.74, 6) is -1.70. The van der Waals surface area contributed by atoms with Crippen LogP contribution < -0.4 is 5.11 Å². The summed E-state index contributed by atoms with van der Waals surface area (Å²) in [4.78, 5) is 37.0. The molecule has 0 aromatic carbocycles. The van der Waals surface area contributed by atoms with Gasteiger partial charge in [-0.1, -0.05) is 239 Å². The second kappa shape index (κ2) is 44.9. The van der Waals surface area contributed by atoms with Gasteiger partial charge in [0.1, 0.15) is 12.6 Å². The summed E-state index contributed by atoms with van der Waals surface area (Å²) in [5, 5.41) is 11.7. The summed E-state index contributed by atoms with van der Waals surface area (Å²) in [6.07, 6.45) is 48.5. The lowest BCUT2D eigenvalue weighted by Crippen LogP contribution is -2.55. The van der Waals surface area contributed by atoms with Crippen LogP contribution in [-0.2, 0) is 28.6 Å². The van der Waals surface area contributed by atoms with Gasteiger partial charge in [-0.25, -0.2) is 0 Å². The number of carboxylic acids is 1. The van der Waals surface area contributed by atoms with Crippen molar-refractivity contribution in [2.45, 2.75) is 283 Å². The number of esters is 2. The number of likely N-dealkylation sites (N-methyl/N-ethyl adjacent to an activating group) is 1. The maximum absolute atomic E-state index is 12.8. The molecule has 362 valence electrons. The Morgan fingerprint density at radius 3 is 1.02 bits per heavy atom. The normalized spacial score (nSPS) is 12.7. The molecule has 2 unspecified atom stereocenters. The summed E-state index contributed by atoms with van der Waals surface area (Å²) in [5.41, 5.74) is 0. The summed E-state index contributed by atoms with van der Waals surface area (Å²) >= 11 is 0. The van der Waals surface area contributed by atoms with E-state index in [1.54, 1.807) is 0 Å². The van der Waals surface area contributed by atoms with Gasteiger partial charge in [-0.2, -0.15) is 0 Å². The van der Waals surface area contributed by atoms with Gasteiger partial charge in [0.25, 0.3) is 0 Å². The molecule has 0 radical (unpaired) electrons. The van der Waals surface area contributed by atoms with E-state index in [0.717, 1.165) is 38.5 Å². The second-order valence-corrected chi connectivity index (χ2v) is 19.5. The first-order valence-electron chi connectivity index (χ1n) is 26.6. The van der Waals surface area contributed by atoms with E-state index in [4.69, 9.17) is 14.2 Å². The van der Waals surface area contributed by atoms with Crippen molar-refractivity contribution in [2.75, 3.05) is 41.0 Å². The van der Waals surface area contributed by atoms with E-state index in [1.165, 1.54) is 199 Å². The fourth-order valence-electron chi connectivity index (χ4n) is 8.37. The van der Waals surface area contributed by atoms with Crippen molar-refractivity contribution in [3.63, 3.8) is 0 Å². The van der Waals surface area contributed by atoms with E-state index in [2.05, 4.69) is 13.8 Å². The zero-order valence-corrected chi connectivity index (χ0v) is 41.4. The highest BCUT2D eigenvalue weighted by atomic mass is 16.6. The summed E-state index contributed by atoms with van der Waals surface area (Å²) in [7, 11) is 5.43. The zero-order valence-electron chi connectivity index (χ0n) is 41.4. The lowest BCUT2D eigenvalue weighted by Gasteiger charge is -2.34. The highest BCUT2D eigenvalue weighted by molar-refractivity contribution is 5.70. The van der Waals surface area contributed by atoms with Gasteiger partial charge in [-0.15, -0.1) is 0 Å². The fraction of sp³-hybridized carbons (Fsp3) is 0.943. The Morgan fingerprint density at radius 1 is 0.426 bits per heavy atom. The van der Waals surface area contributed by atoms with Crippen molar-refractivity contribution in [3.05, 3.63) is 0 Å². The maximum atomic E-state index is 12.8. The smallest absolute Gasteiger partial charge is 0.306 e. The van der Waals surface area contributed by atoms with Gasteiger partial charge in [0.05, 0.1) is 40.3 Å². The molecule has 0 saturated carbocycles. The molecule has 8 nitrogen and oxygen atoms in total. The molecular formula is C53H103NO7. The number of rotatable bonds is 49. The van der Waals surface area contributed by atoms with E-state index >= 15 is 0 Å². The SMILES string of the molecule is CCCCCCCCCCCCCCCCCCCCCCCCC(=O)OC(COCCC(C(=O)[O-])[N+](C)(C)C)COC(=O)CCCCCCCCCCCCCCCCC. The van der Waals surface area contributed by atoms with Crippen molar-refractivity contribution in [1.82, 2.24) is 0 Å². The van der Waals surface area contributed by atoms with E-state index in [1.807, 2.05) is 21.1 Å². The van der Waals surface area contributed by atoms with Crippen LogP contribution in [0.15, 0.2) is 0 Å². The molecule has 0 N–H and O–H groups in total. The Labute approximate surface area is 378 Å². The first-order valence-corrected chi connectivity index (χ1v) is 26.6. The van der Waals surface area contributed by atoms with Crippen molar-refractivity contribution < 1.29 is 38.2 Å². The van der Waals surface area contributed by atoms with E-state index in [0.29, 0.717) is 12.8 Å². The predicted octanol–water partition coefficient (Wildman–Crippen LogP) is 13.9. The summed E-state index contributed by atoms with van der Waals surface area (Å²) < 4.78 is 17.3. The minimum Gasteiger partial charge on any atom is -0.544 e. The first kappa shape index (κ1) is 59.3. The van der Waals surface area contributed by atoms with Crippen molar-refractivity contribution in [1.29, 1.82) is 0 Å². The van der Waals surface area contributed by atoms with Gasteiger partial charge in [0.2, 0.25) is 0 Å². The number of aliphatic carboxylic acids is 1. The molecule has 0 aliphatic rings. The molecule has 2 atom stereocenters. The molecule has 0 bridgehead atoms.